The SMILES string of the molecule is CCCCNc1nc(C)cn1Cc1cnc(C)s1. The zero-order valence-electron chi connectivity index (χ0n) is 11.2. The van der Waals surface area contributed by atoms with Crippen LogP contribution in [0.1, 0.15) is 35.3 Å². The highest BCUT2D eigenvalue weighted by molar-refractivity contribution is 7.11. The van der Waals surface area contributed by atoms with Crippen molar-refractivity contribution >= 4 is 17.3 Å². The first-order chi connectivity index (χ1) is 8.69. The predicted octanol–water partition coefficient (Wildman–Crippen LogP) is 3.22. The van der Waals surface area contributed by atoms with E-state index in [2.05, 4.69) is 33.0 Å². The number of imidazole rings is 1. The van der Waals surface area contributed by atoms with Gasteiger partial charge in [0.15, 0.2) is 0 Å². The van der Waals surface area contributed by atoms with Crippen molar-refractivity contribution in [3.63, 3.8) is 0 Å². The molecule has 0 fully saturated rings. The molecule has 0 aromatic carbocycles. The van der Waals surface area contributed by atoms with E-state index in [-0.39, 0.29) is 0 Å². The average Bonchev–Trinajstić information content (AvgIpc) is 2.87. The zero-order chi connectivity index (χ0) is 13.0. The second-order valence-corrected chi connectivity index (χ2v) is 5.78. The van der Waals surface area contributed by atoms with Crippen molar-refractivity contribution in [1.29, 1.82) is 0 Å². The lowest BCUT2D eigenvalue weighted by Gasteiger charge is -2.07. The van der Waals surface area contributed by atoms with Gasteiger partial charge < -0.3 is 9.88 Å². The quantitative estimate of drug-likeness (QED) is 0.815. The number of thiazole rings is 1. The van der Waals surface area contributed by atoms with Crippen molar-refractivity contribution in [2.24, 2.45) is 0 Å². The summed E-state index contributed by atoms with van der Waals surface area (Å²) in [5.74, 6) is 0.965. The lowest BCUT2D eigenvalue weighted by molar-refractivity contribution is 0.781. The van der Waals surface area contributed by atoms with Crippen LogP contribution in [0.3, 0.4) is 0 Å². The van der Waals surface area contributed by atoms with Gasteiger partial charge in [0.2, 0.25) is 5.95 Å². The molecule has 2 aromatic heterocycles. The van der Waals surface area contributed by atoms with Gasteiger partial charge in [-0.25, -0.2) is 9.97 Å². The number of nitrogens with one attached hydrogen (secondary N) is 1. The third kappa shape index (κ3) is 3.32. The first-order valence-corrected chi connectivity index (χ1v) is 7.19. The molecule has 0 spiro atoms. The molecule has 1 N–H and O–H groups in total. The van der Waals surface area contributed by atoms with Gasteiger partial charge in [0, 0.05) is 23.8 Å². The molecule has 0 aliphatic heterocycles. The molecule has 2 rings (SSSR count). The summed E-state index contributed by atoms with van der Waals surface area (Å²) in [5, 5.41) is 4.51. The van der Waals surface area contributed by atoms with Crippen LogP contribution in [0.4, 0.5) is 5.95 Å². The number of aryl methyl sites for hydroxylation is 2. The van der Waals surface area contributed by atoms with Crippen LogP contribution < -0.4 is 5.32 Å². The molecule has 98 valence electrons. The second-order valence-electron chi connectivity index (χ2n) is 4.46. The highest BCUT2D eigenvalue weighted by Gasteiger charge is 2.07. The van der Waals surface area contributed by atoms with E-state index < -0.39 is 0 Å². The number of unbranched alkanes of at least 4 members (excludes halogenated alkanes) is 1. The Balaban J connectivity index is 2.06. The van der Waals surface area contributed by atoms with Crippen molar-refractivity contribution in [2.45, 2.75) is 40.2 Å². The molecular formula is C13H20N4S. The smallest absolute Gasteiger partial charge is 0.203 e. The zero-order valence-corrected chi connectivity index (χ0v) is 12.0. The van der Waals surface area contributed by atoms with Crippen LogP contribution in [0.2, 0.25) is 0 Å². The van der Waals surface area contributed by atoms with E-state index in [9.17, 15) is 0 Å². The fourth-order valence-electron chi connectivity index (χ4n) is 1.83. The topological polar surface area (TPSA) is 42.7 Å². The van der Waals surface area contributed by atoms with Crippen LogP contribution >= 0.6 is 11.3 Å². The van der Waals surface area contributed by atoms with Gasteiger partial charge in [-0.2, -0.15) is 0 Å². The Morgan fingerprint density at radius 2 is 2.22 bits per heavy atom. The maximum Gasteiger partial charge on any atom is 0.203 e. The Kier molecular flexibility index (Phi) is 4.36. The number of hydrogen-bond acceptors (Lipinski definition) is 4. The van der Waals surface area contributed by atoms with Gasteiger partial charge in [-0.3, -0.25) is 0 Å². The van der Waals surface area contributed by atoms with E-state index in [1.54, 1.807) is 11.3 Å². The molecule has 0 radical (unpaired) electrons. The van der Waals surface area contributed by atoms with Gasteiger partial charge in [0.05, 0.1) is 17.2 Å². The fourth-order valence-corrected chi connectivity index (χ4v) is 2.63. The van der Waals surface area contributed by atoms with Crippen molar-refractivity contribution in [3.05, 3.63) is 28.0 Å². The van der Waals surface area contributed by atoms with E-state index in [4.69, 9.17) is 0 Å². The molecule has 0 saturated heterocycles. The standard InChI is InChI=1S/C13H20N4S/c1-4-5-6-14-13-16-10(2)8-17(13)9-12-7-15-11(3)18-12/h7-8H,4-6,9H2,1-3H3,(H,14,16). The maximum absolute atomic E-state index is 4.52. The normalized spacial score (nSPS) is 10.8. The molecular weight excluding hydrogens is 244 g/mol. The largest absolute Gasteiger partial charge is 0.356 e. The number of anilines is 1. The lowest BCUT2D eigenvalue weighted by Crippen LogP contribution is -2.08. The third-order valence-corrected chi connectivity index (χ3v) is 3.60. The first-order valence-electron chi connectivity index (χ1n) is 6.38. The molecule has 18 heavy (non-hydrogen) atoms. The van der Waals surface area contributed by atoms with Crippen LogP contribution in [0, 0.1) is 13.8 Å². The summed E-state index contributed by atoms with van der Waals surface area (Å²) in [6.45, 7) is 8.09. The van der Waals surface area contributed by atoms with E-state index in [1.807, 2.05) is 20.0 Å². The van der Waals surface area contributed by atoms with E-state index in [1.165, 1.54) is 17.7 Å². The van der Waals surface area contributed by atoms with Crippen molar-refractivity contribution in [3.8, 4) is 0 Å². The van der Waals surface area contributed by atoms with Crippen LogP contribution in [0.15, 0.2) is 12.4 Å². The van der Waals surface area contributed by atoms with Crippen LogP contribution in [0.5, 0.6) is 0 Å². The van der Waals surface area contributed by atoms with Crippen molar-refractivity contribution in [2.75, 3.05) is 11.9 Å². The van der Waals surface area contributed by atoms with Gasteiger partial charge in [0.1, 0.15) is 0 Å². The molecule has 0 saturated carbocycles. The minimum atomic E-state index is 0.848. The number of hydrogen-bond donors (Lipinski definition) is 1. The predicted molar refractivity (Wildman–Crippen MR) is 76.3 cm³/mol. The minimum Gasteiger partial charge on any atom is -0.356 e. The highest BCUT2D eigenvalue weighted by Crippen LogP contribution is 2.16. The summed E-state index contributed by atoms with van der Waals surface area (Å²) in [6.07, 6.45) is 6.40. The van der Waals surface area contributed by atoms with Gasteiger partial charge >= 0.3 is 0 Å². The number of aromatic nitrogens is 3. The van der Waals surface area contributed by atoms with Crippen LogP contribution in [0.25, 0.3) is 0 Å². The number of rotatable bonds is 6. The van der Waals surface area contributed by atoms with Crippen molar-refractivity contribution in [1.82, 2.24) is 14.5 Å². The summed E-state index contributed by atoms with van der Waals surface area (Å²) >= 11 is 1.74. The monoisotopic (exact) mass is 264 g/mol. The number of nitrogens with zero attached hydrogens (tertiary/aromatic N) is 3. The Bertz CT molecular complexity index is 501. The second kappa shape index (κ2) is 6.00. The fraction of sp³-hybridized carbons (Fsp3) is 0.538. The van der Waals surface area contributed by atoms with Crippen LogP contribution in [-0.2, 0) is 6.54 Å². The van der Waals surface area contributed by atoms with E-state index >= 15 is 0 Å². The van der Waals surface area contributed by atoms with Crippen LogP contribution in [-0.4, -0.2) is 21.1 Å². The average molecular weight is 264 g/mol. The Hall–Kier alpha value is -1.36. The molecule has 2 heterocycles. The Morgan fingerprint density at radius 1 is 1.39 bits per heavy atom. The molecule has 0 atom stereocenters. The molecule has 4 nitrogen and oxygen atoms in total. The van der Waals surface area contributed by atoms with Gasteiger partial charge in [-0.1, -0.05) is 13.3 Å². The Labute approximate surface area is 112 Å². The van der Waals surface area contributed by atoms with Crippen molar-refractivity contribution < 1.29 is 0 Å². The summed E-state index contributed by atoms with van der Waals surface area (Å²) in [7, 11) is 0. The highest BCUT2D eigenvalue weighted by atomic mass is 32.1. The molecule has 0 aliphatic carbocycles. The lowest BCUT2D eigenvalue weighted by atomic mass is 10.3. The minimum absolute atomic E-state index is 0.848. The molecule has 2 aromatic rings. The van der Waals surface area contributed by atoms with Gasteiger partial charge in [-0.05, 0) is 20.3 Å². The maximum atomic E-state index is 4.52. The molecule has 0 bridgehead atoms. The molecule has 0 unspecified atom stereocenters. The summed E-state index contributed by atoms with van der Waals surface area (Å²) < 4.78 is 2.16. The van der Waals surface area contributed by atoms with E-state index in [0.717, 1.165) is 29.7 Å². The molecule has 0 amide bonds. The third-order valence-electron chi connectivity index (χ3n) is 2.71. The Morgan fingerprint density at radius 3 is 2.89 bits per heavy atom. The van der Waals surface area contributed by atoms with E-state index in [0.29, 0.717) is 0 Å². The van der Waals surface area contributed by atoms with Gasteiger partial charge in [-0.15, -0.1) is 11.3 Å². The molecule has 5 heteroatoms. The summed E-state index contributed by atoms with van der Waals surface area (Å²) in [4.78, 5) is 10.1. The summed E-state index contributed by atoms with van der Waals surface area (Å²) in [6, 6.07) is 0. The summed E-state index contributed by atoms with van der Waals surface area (Å²) in [5.41, 5.74) is 1.05. The first kappa shape index (κ1) is 13.1. The van der Waals surface area contributed by atoms with Gasteiger partial charge in [0.25, 0.3) is 0 Å². The molecule has 0 aliphatic rings.